The van der Waals surface area contributed by atoms with Gasteiger partial charge in [0, 0.05) is 36.6 Å². The van der Waals surface area contributed by atoms with Crippen molar-refractivity contribution >= 4 is 45.3 Å². The van der Waals surface area contributed by atoms with E-state index >= 15 is 0 Å². The van der Waals surface area contributed by atoms with Crippen molar-refractivity contribution in [1.29, 1.82) is 0 Å². The highest BCUT2D eigenvalue weighted by molar-refractivity contribution is 6.36. The van der Waals surface area contributed by atoms with E-state index in [9.17, 15) is 27.9 Å². The number of rotatable bonds is 5. The molecule has 11 nitrogen and oxygen atoms in total. The fourth-order valence-electron chi connectivity index (χ4n) is 6.41. The van der Waals surface area contributed by atoms with Crippen molar-refractivity contribution in [2.45, 2.75) is 51.0 Å². The van der Waals surface area contributed by atoms with Crippen molar-refractivity contribution in [3.8, 4) is 11.7 Å². The van der Waals surface area contributed by atoms with Crippen molar-refractivity contribution in [2.75, 3.05) is 38.2 Å². The molecule has 1 amide bonds. The van der Waals surface area contributed by atoms with Gasteiger partial charge in [0.2, 0.25) is 5.82 Å². The highest BCUT2D eigenvalue weighted by Gasteiger charge is 2.41. The minimum atomic E-state index is -5.06. The Morgan fingerprint density at radius 1 is 1.07 bits per heavy atom. The monoisotopic (exact) mass is 645 g/mol. The summed E-state index contributed by atoms with van der Waals surface area (Å²) in [7, 11) is 1.97. The van der Waals surface area contributed by atoms with Crippen molar-refractivity contribution in [1.82, 2.24) is 29.3 Å². The summed E-state index contributed by atoms with van der Waals surface area (Å²) in [5.41, 5.74) is -1.90. The number of halogens is 4. The van der Waals surface area contributed by atoms with Crippen LogP contribution in [0.25, 0.3) is 27.5 Å². The van der Waals surface area contributed by atoms with Crippen LogP contribution in [0.1, 0.15) is 32.5 Å². The molecule has 2 aromatic heterocycles. The zero-order chi connectivity index (χ0) is 32.2. The van der Waals surface area contributed by atoms with E-state index in [-0.39, 0.29) is 64.7 Å². The largest absolute Gasteiger partial charge is 0.465 e. The van der Waals surface area contributed by atoms with Gasteiger partial charge >= 0.3 is 18.3 Å². The van der Waals surface area contributed by atoms with Gasteiger partial charge in [0.1, 0.15) is 12.1 Å². The van der Waals surface area contributed by atoms with Crippen molar-refractivity contribution < 1.29 is 27.8 Å². The zero-order valence-electron chi connectivity index (χ0n) is 24.8. The van der Waals surface area contributed by atoms with Gasteiger partial charge in [-0.05, 0) is 57.8 Å². The van der Waals surface area contributed by atoms with Gasteiger partial charge in [0.05, 0.1) is 10.7 Å². The zero-order valence-corrected chi connectivity index (χ0v) is 25.5. The number of amides is 1. The lowest BCUT2D eigenvalue weighted by molar-refractivity contribution is -0.146. The van der Waals surface area contributed by atoms with Crippen LogP contribution in [0.3, 0.4) is 0 Å². The molecule has 0 aliphatic carbocycles. The van der Waals surface area contributed by atoms with E-state index in [1.165, 1.54) is 23.1 Å². The molecule has 0 radical (unpaired) electrons. The number of likely N-dealkylation sites (N-methyl/N-ethyl adjacent to an activating group) is 1. The normalized spacial score (nSPS) is 21.2. The predicted octanol–water partition coefficient (Wildman–Crippen LogP) is 5.05. The average Bonchev–Trinajstić information content (AvgIpc) is 3.39. The minimum Gasteiger partial charge on any atom is -0.465 e. The van der Waals surface area contributed by atoms with Crippen molar-refractivity contribution in [3.63, 3.8) is 0 Å². The third-order valence-electron chi connectivity index (χ3n) is 8.52. The standard InChI is InChI=1S/C30H31ClF3N7O4/c1-16-13-39(29(43)44)14-17(2)40(16)25-23-24(36-28(37-25)45-15-19-9-6-12-38(19)3)26(42)41(27(35-23)30(32,33)34)21-11-5-8-18-7-4-10-20(31)22(18)21/h4-5,7-8,10-11,16-17,19H,6,9,12-15H2,1-3H3,(H,43,44)/t16-,17-,19-/m0/s1. The maximum Gasteiger partial charge on any atom is 0.450 e. The van der Waals surface area contributed by atoms with E-state index in [1.807, 2.05) is 7.05 Å². The molecule has 45 heavy (non-hydrogen) atoms. The van der Waals surface area contributed by atoms with Crippen LogP contribution in [0.15, 0.2) is 41.2 Å². The van der Waals surface area contributed by atoms with Crippen LogP contribution in [0.2, 0.25) is 5.02 Å². The molecular formula is C30H31ClF3N7O4. The number of hydrogen-bond donors (Lipinski definition) is 1. The molecule has 0 unspecified atom stereocenters. The SMILES string of the molecule is C[C@H]1CN(C(=O)O)C[C@H](C)N1c1nc(OC[C@@H]2CCCN2C)nc2c(=O)n(-c3cccc4cccc(Cl)c34)c(C(F)(F)F)nc12. The van der Waals surface area contributed by atoms with Gasteiger partial charge in [-0.2, -0.15) is 23.1 Å². The predicted molar refractivity (Wildman–Crippen MR) is 163 cm³/mol. The molecular weight excluding hydrogens is 615 g/mol. The molecule has 2 aliphatic heterocycles. The minimum absolute atomic E-state index is 0.0366. The van der Waals surface area contributed by atoms with E-state index in [2.05, 4.69) is 19.9 Å². The molecule has 2 aliphatic rings. The van der Waals surface area contributed by atoms with Crippen LogP contribution in [-0.4, -0.2) is 91.9 Å². The van der Waals surface area contributed by atoms with Gasteiger partial charge < -0.3 is 24.5 Å². The number of anilines is 1. The van der Waals surface area contributed by atoms with E-state index in [0.29, 0.717) is 9.95 Å². The number of ether oxygens (including phenoxy) is 1. The lowest BCUT2D eigenvalue weighted by Gasteiger charge is -2.44. The summed E-state index contributed by atoms with van der Waals surface area (Å²) >= 11 is 6.46. The molecule has 4 heterocycles. The average molecular weight is 646 g/mol. The maximum atomic E-state index is 14.8. The van der Waals surface area contributed by atoms with E-state index in [1.54, 1.807) is 36.9 Å². The first-order chi connectivity index (χ1) is 21.3. The molecule has 4 aromatic rings. The first-order valence-electron chi connectivity index (χ1n) is 14.5. The smallest absolute Gasteiger partial charge is 0.450 e. The molecule has 6 rings (SSSR count). The summed E-state index contributed by atoms with van der Waals surface area (Å²) in [6, 6.07) is 8.33. The molecule has 0 spiro atoms. The van der Waals surface area contributed by atoms with E-state index in [0.717, 1.165) is 19.4 Å². The van der Waals surface area contributed by atoms with Crippen molar-refractivity contribution in [2.24, 2.45) is 0 Å². The van der Waals surface area contributed by atoms with E-state index < -0.39 is 35.7 Å². The molecule has 3 atom stereocenters. The Morgan fingerprint density at radius 3 is 2.38 bits per heavy atom. The summed E-state index contributed by atoms with van der Waals surface area (Å²) in [5, 5.41) is 10.5. The van der Waals surface area contributed by atoms with E-state index in [4.69, 9.17) is 16.3 Å². The molecule has 238 valence electrons. The third-order valence-corrected chi connectivity index (χ3v) is 8.83. The number of benzene rings is 2. The Balaban J connectivity index is 1.61. The Hall–Kier alpha value is -4.17. The molecule has 15 heteroatoms. The van der Waals surface area contributed by atoms with Gasteiger partial charge in [0.15, 0.2) is 11.3 Å². The van der Waals surface area contributed by atoms with Crippen LogP contribution in [0, 0.1) is 0 Å². The molecule has 2 saturated heterocycles. The lowest BCUT2D eigenvalue weighted by atomic mass is 10.1. The van der Waals surface area contributed by atoms with Crippen LogP contribution in [0.4, 0.5) is 23.8 Å². The Kier molecular flexibility index (Phi) is 7.98. The van der Waals surface area contributed by atoms with Crippen LogP contribution in [-0.2, 0) is 6.18 Å². The summed E-state index contributed by atoms with van der Waals surface area (Å²) in [6.07, 6.45) is -4.30. The summed E-state index contributed by atoms with van der Waals surface area (Å²) in [6.45, 7) is 4.69. The first kappa shape index (κ1) is 30.8. The topological polar surface area (TPSA) is 117 Å². The molecule has 0 saturated carbocycles. The van der Waals surface area contributed by atoms with Crippen LogP contribution < -0.4 is 15.2 Å². The number of aromatic nitrogens is 4. The number of fused-ring (bicyclic) bond motifs is 2. The molecule has 0 bridgehead atoms. The van der Waals surface area contributed by atoms with Crippen LogP contribution >= 0.6 is 11.6 Å². The maximum absolute atomic E-state index is 14.8. The van der Waals surface area contributed by atoms with Gasteiger partial charge in [-0.25, -0.2) is 9.78 Å². The van der Waals surface area contributed by atoms with Crippen LogP contribution in [0.5, 0.6) is 6.01 Å². The Bertz CT molecular complexity index is 1840. The first-order valence-corrected chi connectivity index (χ1v) is 14.9. The number of hydrogen-bond acceptors (Lipinski definition) is 8. The second-order valence-electron chi connectivity index (χ2n) is 11.6. The summed E-state index contributed by atoms with van der Waals surface area (Å²) < 4.78 is 50.9. The second kappa shape index (κ2) is 11.6. The number of nitrogens with zero attached hydrogens (tertiary/aromatic N) is 7. The summed E-state index contributed by atoms with van der Waals surface area (Å²) in [5.74, 6) is -1.51. The number of carbonyl (C=O) groups is 1. The Labute approximate surface area is 260 Å². The number of carboxylic acid groups (broad SMARTS) is 1. The van der Waals surface area contributed by atoms with Gasteiger partial charge in [0.25, 0.3) is 5.56 Å². The highest BCUT2D eigenvalue weighted by Crippen LogP contribution is 2.36. The van der Waals surface area contributed by atoms with Crippen molar-refractivity contribution in [3.05, 3.63) is 57.6 Å². The number of likely N-dealkylation sites (tertiary alicyclic amines) is 1. The Morgan fingerprint density at radius 2 is 1.76 bits per heavy atom. The second-order valence-corrected chi connectivity index (χ2v) is 12.0. The quantitative estimate of drug-likeness (QED) is 0.318. The molecule has 1 N–H and O–H groups in total. The highest BCUT2D eigenvalue weighted by atomic mass is 35.5. The number of piperazine rings is 1. The molecule has 2 fully saturated rings. The lowest BCUT2D eigenvalue weighted by Crippen LogP contribution is -2.58. The summed E-state index contributed by atoms with van der Waals surface area (Å²) in [4.78, 5) is 44.0. The van der Waals surface area contributed by atoms with Gasteiger partial charge in [-0.15, -0.1) is 0 Å². The third kappa shape index (κ3) is 5.61. The fraction of sp³-hybridized carbons (Fsp3) is 0.433. The molecule has 2 aromatic carbocycles. The van der Waals surface area contributed by atoms with Gasteiger partial charge in [-0.3, -0.25) is 9.36 Å². The van der Waals surface area contributed by atoms with Gasteiger partial charge in [-0.1, -0.05) is 35.9 Å². The fourth-order valence-corrected chi connectivity index (χ4v) is 6.69. The number of alkyl halides is 3.